The van der Waals surface area contributed by atoms with Crippen molar-refractivity contribution in [3.63, 3.8) is 0 Å². The van der Waals surface area contributed by atoms with Crippen LogP contribution in [0.1, 0.15) is 31.1 Å². The molecule has 3 rings (SSSR count). The molecule has 2 aromatic rings. The van der Waals surface area contributed by atoms with Gasteiger partial charge in [-0.05, 0) is 30.3 Å². The Morgan fingerprint density at radius 2 is 1.60 bits per heavy atom. The van der Waals surface area contributed by atoms with Crippen molar-refractivity contribution < 1.29 is 23.9 Å². The SMILES string of the molecule is COc1ccc(NC(=O)c2ccc3c(c2)C(=O)N(C)C3=O)cc1OC. The first kappa shape index (κ1) is 16.5. The molecule has 0 unspecified atom stereocenters. The van der Waals surface area contributed by atoms with Crippen molar-refractivity contribution in [2.45, 2.75) is 0 Å². The number of ether oxygens (including phenoxy) is 2. The van der Waals surface area contributed by atoms with E-state index in [9.17, 15) is 14.4 Å². The number of benzene rings is 2. The summed E-state index contributed by atoms with van der Waals surface area (Å²) < 4.78 is 10.3. The predicted molar refractivity (Wildman–Crippen MR) is 90.4 cm³/mol. The molecular formula is C18H16N2O5. The Bertz CT molecular complexity index is 891. The van der Waals surface area contributed by atoms with Crippen LogP contribution >= 0.6 is 0 Å². The number of fused-ring (bicyclic) bond motifs is 1. The summed E-state index contributed by atoms with van der Waals surface area (Å²) in [4.78, 5) is 37.4. The molecule has 3 amide bonds. The molecule has 7 nitrogen and oxygen atoms in total. The molecule has 1 heterocycles. The third-order valence-corrected chi connectivity index (χ3v) is 3.99. The lowest BCUT2D eigenvalue weighted by Crippen LogP contribution is -2.24. The van der Waals surface area contributed by atoms with Crippen LogP contribution < -0.4 is 14.8 Å². The fourth-order valence-electron chi connectivity index (χ4n) is 2.62. The standard InChI is InChI=1S/C18H16N2O5/c1-20-17(22)12-6-4-10(8-13(12)18(20)23)16(21)19-11-5-7-14(24-2)15(9-11)25-3/h4-9H,1-3H3,(H,19,21). The van der Waals surface area contributed by atoms with Crippen LogP contribution in [0.25, 0.3) is 0 Å². The van der Waals surface area contributed by atoms with Crippen LogP contribution in [0, 0.1) is 0 Å². The minimum atomic E-state index is -0.416. The highest BCUT2D eigenvalue weighted by Gasteiger charge is 2.33. The minimum Gasteiger partial charge on any atom is -0.493 e. The third-order valence-electron chi connectivity index (χ3n) is 3.99. The van der Waals surface area contributed by atoms with Crippen molar-refractivity contribution in [1.82, 2.24) is 4.90 Å². The average molecular weight is 340 g/mol. The maximum absolute atomic E-state index is 12.4. The van der Waals surface area contributed by atoms with Crippen molar-refractivity contribution in [2.75, 3.05) is 26.6 Å². The number of carbonyl (C=O) groups is 3. The van der Waals surface area contributed by atoms with E-state index in [-0.39, 0.29) is 17.0 Å². The van der Waals surface area contributed by atoms with Crippen LogP contribution in [-0.2, 0) is 0 Å². The number of anilines is 1. The van der Waals surface area contributed by atoms with Crippen molar-refractivity contribution in [3.8, 4) is 11.5 Å². The van der Waals surface area contributed by atoms with Gasteiger partial charge in [-0.25, -0.2) is 0 Å². The number of carbonyl (C=O) groups excluding carboxylic acids is 3. The molecule has 7 heteroatoms. The Balaban J connectivity index is 1.86. The second kappa shape index (κ2) is 6.27. The summed E-state index contributed by atoms with van der Waals surface area (Å²) in [5.74, 6) is -0.153. The van der Waals surface area contributed by atoms with Gasteiger partial charge in [-0.1, -0.05) is 0 Å². The number of hydrogen-bond donors (Lipinski definition) is 1. The van der Waals surface area contributed by atoms with Crippen molar-refractivity contribution in [3.05, 3.63) is 53.1 Å². The molecule has 128 valence electrons. The second-order valence-corrected chi connectivity index (χ2v) is 5.45. The number of imide groups is 1. The molecule has 0 aliphatic carbocycles. The fourth-order valence-corrected chi connectivity index (χ4v) is 2.62. The van der Waals surface area contributed by atoms with E-state index in [0.29, 0.717) is 22.7 Å². The molecule has 25 heavy (non-hydrogen) atoms. The van der Waals surface area contributed by atoms with Crippen molar-refractivity contribution in [1.29, 1.82) is 0 Å². The number of nitrogens with zero attached hydrogens (tertiary/aromatic N) is 1. The van der Waals surface area contributed by atoms with Crippen molar-refractivity contribution >= 4 is 23.4 Å². The van der Waals surface area contributed by atoms with Crippen LogP contribution in [0.4, 0.5) is 5.69 Å². The van der Waals surface area contributed by atoms with Gasteiger partial charge in [0, 0.05) is 24.4 Å². The molecule has 2 aromatic carbocycles. The molecule has 0 fully saturated rings. The van der Waals surface area contributed by atoms with E-state index < -0.39 is 11.8 Å². The lowest BCUT2D eigenvalue weighted by atomic mass is 10.1. The van der Waals surface area contributed by atoms with Gasteiger partial charge >= 0.3 is 0 Å². The number of hydrogen-bond acceptors (Lipinski definition) is 5. The van der Waals surface area contributed by atoms with E-state index in [4.69, 9.17) is 9.47 Å². The fraction of sp³-hybridized carbons (Fsp3) is 0.167. The zero-order valence-corrected chi connectivity index (χ0v) is 14.0. The highest BCUT2D eigenvalue weighted by Crippen LogP contribution is 2.30. The van der Waals surface area contributed by atoms with Crippen LogP contribution in [0.15, 0.2) is 36.4 Å². The molecule has 0 saturated carbocycles. The van der Waals surface area contributed by atoms with Gasteiger partial charge in [-0.3, -0.25) is 19.3 Å². The molecule has 1 aliphatic heterocycles. The van der Waals surface area contributed by atoms with Gasteiger partial charge in [0.25, 0.3) is 17.7 Å². The Kier molecular flexibility index (Phi) is 4.14. The molecule has 0 aromatic heterocycles. The van der Waals surface area contributed by atoms with Gasteiger partial charge in [-0.15, -0.1) is 0 Å². The minimum absolute atomic E-state index is 0.229. The molecule has 0 spiro atoms. The zero-order valence-electron chi connectivity index (χ0n) is 14.0. The highest BCUT2D eigenvalue weighted by atomic mass is 16.5. The van der Waals surface area contributed by atoms with Crippen molar-refractivity contribution in [2.24, 2.45) is 0 Å². The van der Waals surface area contributed by atoms with Crippen LogP contribution in [-0.4, -0.2) is 43.9 Å². The van der Waals surface area contributed by atoms with Crippen LogP contribution in [0.2, 0.25) is 0 Å². The zero-order chi connectivity index (χ0) is 18.1. The van der Waals surface area contributed by atoms with E-state index in [0.717, 1.165) is 4.90 Å². The number of nitrogens with one attached hydrogen (secondary N) is 1. The second-order valence-electron chi connectivity index (χ2n) is 5.45. The number of methoxy groups -OCH3 is 2. The summed E-state index contributed by atoms with van der Waals surface area (Å²) in [5, 5.41) is 2.73. The average Bonchev–Trinajstić information content (AvgIpc) is 2.85. The Hall–Kier alpha value is -3.35. The predicted octanol–water partition coefficient (Wildman–Crippen LogP) is 2.18. The molecule has 1 N–H and O–H groups in total. The summed E-state index contributed by atoms with van der Waals surface area (Å²) in [7, 11) is 4.44. The Labute approximate surface area is 144 Å². The monoisotopic (exact) mass is 340 g/mol. The third kappa shape index (κ3) is 2.80. The van der Waals surface area contributed by atoms with Gasteiger partial charge in [0.2, 0.25) is 0 Å². The first-order valence-corrected chi connectivity index (χ1v) is 7.46. The number of amides is 3. The molecule has 0 radical (unpaired) electrons. The van der Waals surface area contributed by atoms with Gasteiger partial charge in [-0.2, -0.15) is 0 Å². The maximum Gasteiger partial charge on any atom is 0.261 e. The molecule has 0 atom stereocenters. The Morgan fingerprint density at radius 1 is 0.920 bits per heavy atom. The summed E-state index contributed by atoms with van der Waals surface area (Å²) >= 11 is 0. The normalized spacial score (nSPS) is 12.8. The topological polar surface area (TPSA) is 84.9 Å². The maximum atomic E-state index is 12.4. The van der Waals surface area contributed by atoms with Gasteiger partial charge in [0.05, 0.1) is 25.3 Å². The van der Waals surface area contributed by atoms with E-state index in [1.54, 1.807) is 18.2 Å². The van der Waals surface area contributed by atoms with E-state index in [2.05, 4.69) is 5.32 Å². The lowest BCUT2D eigenvalue weighted by Gasteiger charge is -2.11. The summed E-state index contributed by atoms with van der Waals surface area (Å²) in [6.45, 7) is 0. The Morgan fingerprint density at radius 3 is 2.28 bits per heavy atom. The first-order chi connectivity index (χ1) is 12.0. The first-order valence-electron chi connectivity index (χ1n) is 7.46. The molecule has 1 aliphatic rings. The summed E-state index contributed by atoms with van der Waals surface area (Å²) in [6.07, 6.45) is 0. The number of rotatable bonds is 4. The summed E-state index contributed by atoms with van der Waals surface area (Å²) in [6, 6.07) is 9.41. The van der Waals surface area contributed by atoms with E-state index in [1.165, 1.54) is 39.5 Å². The molecule has 0 bridgehead atoms. The van der Waals surface area contributed by atoms with Gasteiger partial charge < -0.3 is 14.8 Å². The largest absolute Gasteiger partial charge is 0.493 e. The summed E-state index contributed by atoms with van der Waals surface area (Å²) in [5.41, 5.74) is 1.33. The smallest absolute Gasteiger partial charge is 0.261 e. The van der Waals surface area contributed by atoms with E-state index >= 15 is 0 Å². The molecule has 0 saturated heterocycles. The van der Waals surface area contributed by atoms with Gasteiger partial charge in [0.15, 0.2) is 11.5 Å². The highest BCUT2D eigenvalue weighted by molar-refractivity contribution is 6.22. The van der Waals surface area contributed by atoms with Gasteiger partial charge in [0.1, 0.15) is 0 Å². The quantitative estimate of drug-likeness (QED) is 0.863. The lowest BCUT2D eigenvalue weighted by molar-refractivity contribution is 0.0693. The van der Waals surface area contributed by atoms with Crippen LogP contribution in [0.5, 0.6) is 11.5 Å². The van der Waals surface area contributed by atoms with Crippen LogP contribution in [0.3, 0.4) is 0 Å². The van der Waals surface area contributed by atoms with E-state index in [1.807, 2.05) is 0 Å². The molecular weight excluding hydrogens is 324 g/mol.